The summed E-state index contributed by atoms with van der Waals surface area (Å²) in [6.07, 6.45) is 3.37. The second kappa shape index (κ2) is 13.5. The van der Waals surface area contributed by atoms with E-state index >= 15 is 0 Å². The van der Waals surface area contributed by atoms with Crippen molar-refractivity contribution in [2.75, 3.05) is 31.4 Å². The van der Waals surface area contributed by atoms with Crippen molar-refractivity contribution in [3.05, 3.63) is 119 Å². The number of ether oxygens (including phenoxy) is 2. The number of nitrogens with one attached hydrogen (secondary N) is 1. The molecule has 10 heteroatoms. The van der Waals surface area contributed by atoms with Gasteiger partial charge < -0.3 is 14.8 Å². The zero-order chi connectivity index (χ0) is 32.2. The molecule has 1 aliphatic rings. The summed E-state index contributed by atoms with van der Waals surface area (Å²) in [6.45, 7) is 4.21. The van der Waals surface area contributed by atoms with Gasteiger partial charge in [-0.25, -0.2) is 4.68 Å². The number of rotatable bonds is 9. The van der Waals surface area contributed by atoms with Crippen LogP contribution >= 0.6 is 11.8 Å². The van der Waals surface area contributed by atoms with Gasteiger partial charge in [0.25, 0.3) is 0 Å². The van der Waals surface area contributed by atoms with Gasteiger partial charge in [0.15, 0.2) is 0 Å². The molecule has 6 rings (SSSR count). The Kier molecular flexibility index (Phi) is 9.07. The maximum atomic E-state index is 14.1. The molecule has 234 valence electrons. The molecule has 1 unspecified atom stereocenters. The molecule has 2 amide bonds. The number of aryl methyl sites for hydroxylation is 2. The summed E-state index contributed by atoms with van der Waals surface area (Å²) < 4.78 is 13.3. The second-order valence-electron chi connectivity index (χ2n) is 11.1. The number of amides is 2. The van der Waals surface area contributed by atoms with Gasteiger partial charge >= 0.3 is 0 Å². The van der Waals surface area contributed by atoms with Crippen LogP contribution in [0, 0.1) is 13.8 Å². The van der Waals surface area contributed by atoms with Crippen LogP contribution in [0.15, 0.2) is 91.3 Å². The monoisotopic (exact) mass is 633 g/mol. The first kappa shape index (κ1) is 30.9. The smallest absolute Gasteiger partial charge is 0.240 e. The molecule has 0 radical (unpaired) electrons. The normalized spacial score (nSPS) is 14.4. The standard InChI is InChI=1S/C36H35N5O4S/c1-23-10-12-29(24(2)18-23)41-36-33(34(39-41)26-8-6-5-7-9-26)35(28-19-27(44-3)11-13-30(28)45-4)46-22-32(43)40(36)21-31(42)38-20-25-14-16-37-17-15-25/h5-19,35H,20-22H2,1-4H3,(H,38,42). The van der Waals surface area contributed by atoms with Crippen molar-refractivity contribution in [3.8, 4) is 28.4 Å². The number of methoxy groups -OCH3 is 2. The van der Waals surface area contributed by atoms with Gasteiger partial charge in [-0.2, -0.15) is 5.10 Å². The van der Waals surface area contributed by atoms with E-state index in [0.29, 0.717) is 23.9 Å². The molecule has 0 spiro atoms. The molecule has 5 aromatic rings. The molecule has 2 aromatic heterocycles. The number of benzene rings is 3. The van der Waals surface area contributed by atoms with Crippen LogP contribution in [0.2, 0.25) is 0 Å². The van der Waals surface area contributed by atoms with Gasteiger partial charge in [0, 0.05) is 35.6 Å². The maximum Gasteiger partial charge on any atom is 0.240 e. The van der Waals surface area contributed by atoms with Gasteiger partial charge in [0.1, 0.15) is 23.9 Å². The number of hydrogen-bond acceptors (Lipinski definition) is 7. The zero-order valence-corrected chi connectivity index (χ0v) is 27.0. The molecular weight excluding hydrogens is 598 g/mol. The fourth-order valence-electron chi connectivity index (χ4n) is 5.73. The van der Waals surface area contributed by atoms with Crippen LogP contribution in [-0.2, 0) is 16.1 Å². The Morgan fingerprint density at radius 3 is 2.48 bits per heavy atom. The minimum Gasteiger partial charge on any atom is -0.497 e. The van der Waals surface area contributed by atoms with Gasteiger partial charge in [-0.15, -0.1) is 11.8 Å². The van der Waals surface area contributed by atoms with E-state index in [-0.39, 0.29) is 29.4 Å². The van der Waals surface area contributed by atoms with Crippen molar-refractivity contribution in [2.24, 2.45) is 0 Å². The molecule has 1 atom stereocenters. The fourth-order valence-corrected chi connectivity index (χ4v) is 6.94. The summed E-state index contributed by atoms with van der Waals surface area (Å²) in [5, 5.41) is 7.83. The zero-order valence-electron chi connectivity index (χ0n) is 26.2. The number of thioether (sulfide) groups is 1. The molecule has 0 saturated carbocycles. The average Bonchev–Trinajstić information content (AvgIpc) is 3.40. The third-order valence-corrected chi connectivity index (χ3v) is 9.21. The minimum atomic E-state index is -0.372. The molecule has 1 N–H and O–H groups in total. The predicted octanol–water partition coefficient (Wildman–Crippen LogP) is 6.05. The molecule has 3 aromatic carbocycles. The van der Waals surface area contributed by atoms with Gasteiger partial charge in [0.05, 0.1) is 36.6 Å². The van der Waals surface area contributed by atoms with Crippen molar-refractivity contribution >= 4 is 29.4 Å². The molecule has 46 heavy (non-hydrogen) atoms. The number of anilines is 1. The molecular formula is C36H35N5O4S. The molecule has 9 nitrogen and oxygen atoms in total. The van der Waals surface area contributed by atoms with Crippen LogP contribution < -0.4 is 19.7 Å². The first-order valence-electron chi connectivity index (χ1n) is 14.9. The fraction of sp³-hybridized carbons (Fsp3) is 0.222. The van der Waals surface area contributed by atoms with E-state index in [0.717, 1.165) is 44.8 Å². The lowest BCUT2D eigenvalue weighted by Crippen LogP contribution is -2.42. The highest BCUT2D eigenvalue weighted by Gasteiger charge is 2.39. The topological polar surface area (TPSA) is 98.6 Å². The average molecular weight is 634 g/mol. The Hall–Kier alpha value is -5.09. The van der Waals surface area contributed by atoms with Crippen LogP contribution in [0.5, 0.6) is 11.5 Å². The third-order valence-electron chi connectivity index (χ3n) is 7.98. The lowest BCUT2D eigenvalue weighted by molar-refractivity contribution is -0.123. The lowest BCUT2D eigenvalue weighted by Gasteiger charge is -2.24. The maximum absolute atomic E-state index is 14.1. The highest BCUT2D eigenvalue weighted by atomic mass is 32.2. The summed E-state index contributed by atoms with van der Waals surface area (Å²) in [7, 11) is 3.26. The number of fused-ring (bicyclic) bond motifs is 1. The first-order chi connectivity index (χ1) is 22.4. The lowest BCUT2D eigenvalue weighted by atomic mass is 9.98. The highest BCUT2D eigenvalue weighted by molar-refractivity contribution is 8.00. The van der Waals surface area contributed by atoms with Crippen molar-refractivity contribution in [1.29, 1.82) is 0 Å². The number of pyridine rings is 1. The first-order valence-corrected chi connectivity index (χ1v) is 16.0. The summed E-state index contributed by atoms with van der Waals surface area (Å²) in [5.74, 6) is 1.55. The highest BCUT2D eigenvalue weighted by Crippen LogP contribution is 2.51. The van der Waals surface area contributed by atoms with Gasteiger partial charge in [-0.3, -0.25) is 19.5 Å². The van der Waals surface area contributed by atoms with Crippen molar-refractivity contribution < 1.29 is 19.1 Å². The Labute approximate surface area is 272 Å². The van der Waals surface area contributed by atoms with Crippen LogP contribution in [0.4, 0.5) is 5.82 Å². The molecule has 1 aliphatic heterocycles. The second-order valence-corrected chi connectivity index (χ2v) is 12.2. The van der Waals surface area contributed by atoms with Crippen LogP contribution in [-0.4, -0.2) is 53.1 Å². The Balaban J connectivity index is 1.57. The van der Waals surface area contributed by atoms with Crippen LogP contribution in [0.3, 0.4) is 0 Å². The van der Waals surface area contributed by atoms with Crippen molar-refractivity contribution in [3.63, 3.8) is 0 Å². The van der Waals surface area contributed by atoms with E-state index in [1.807, 2.05) is 91.3 Å². The van der Waals surface area contributed by atoms with Gasteiger partial charge in [-0.05, 0) is 61.4 Å². The van der Waals surface area contributed by atoms with Crippen LogP contribution in [0.25, 0.3) is 16.9 Å². The van der Waals surface area contributed by atoms with Gasteiger partial charge in [0.2, 0.25) is 11.8 Å². The van der Waals surface area contributed by atoms with E-state index in [2.05, 4.69) is 16.4 Å². The van der Waals surface area contributed by atoms with E-state index in [4.69, 9.17) is 14.6 Å². The summed E-state index contributed by atoms with van der Waals surface area (Å²) in [5.41, 5.74) is 7.12. The number of nitrogens with zero attached hydrogens (tertiary/aromatic N) is 4. The number of aromatic nitrogens is 3. The van der Waals surface area contributed by atoms with Crippen molar-refractivity contribution in [2.45, 2.75) is 25.6 Å². The van der Waals surface area contributed by atoms with E-state index in [9.17, 15) is 9.59 Å². The van der Waals surface area contributed by atoms with Crippen molar-refractivity contribution in [1.82, 2.24) is 20.1 Å². The predicted molar refractivity (Wildman–Crippen MR) is 181 cm³/mol. The molecule has 0 aliphatic carbocycles. The summed E-state index contributed by atoms with van der Waals surface area (Å²) >= 11 is 1.48. The third kappa shape index (κ3) is 6.21. The molecule has 0 fully saturated rings. The Morgan fingerprint density at radius 2 is 1.76 bits per heavy atom. The quantitative estimate of drug-likeness (QED) is 0.211. The summed E-state index contributed by atoms with van der Waals surface area (Å²) in [6, 6.07) is 25.4. The molecule has 0 bridgehead atoms. The minimum absolute atomic E-state index is 0.137. The Bertz CT molecular complexity index is 1880. The van der Waals surface area contributed by atoms with E-state index in [1.165, 1.54) is 11.8 Å². The number of carbonyl (C=O) groups is 2. The van der Waals surface area contributed by atoms with Gasteiger partial charge in [-0.1, -0.05) is 48.0 Å². The van der Waals surface area contributed by atoms with E-state index < -0.39 is 0 Å². The molecule has 3 heterocycles. The number of hydrogen-bond donors (Lipinski definition) is 1. The van der Waals surface area contributed by atoms with Crippen LogP contribution in [0.1, 0.15) is 33.1 Å². The van der Waals surface area contributed by atoms with E-state index in [1.54, 1.807) is 31.5 Å². The Morgan fingerprint density at radius 1 is 0.978 bits per heavy atom. The SMILES string of the molecule is COc1ccc(OC)c(C2SCC(=O)N(CC(=O)NCc3ccncc3)c3c2c(-c2ccccc2)nn3-c2ccc(C)cc2C)c1. The largest absolute Gasteiger partial charge is 0.497 e. The summed E-state index contributed by atoms with van der Waals surface area (Å²) in [4.78, 5) is 33.3. The number of carbonyl (C=O) groups excluding carboxylic acids is 2. The molecule has 0 saturated heterocycles.